The topological polar surface area (TPSA) is 96.9 Å². The summed E-state index contributed by atoms with van der Waals surface area (Å²) < 4.78 is 12.9. The second kappa shape index (κ2) is 10.1. The van der Waals surface area contributed by atoms with E-state index in [1.807, 2.05) is 43.7 Å². The van der Waals surface area contributed by atoms with Crippen LogP contribution in [0.2, 0.25) is 0 Å². The number of benzene rings is 1. The molecule has 9 heteroatoms. The highest BCUT2D eigenvalue weighted by Crippen LogP contribution is 2.22. The molecule has 168 valence electrons. The van der Waals surface area contributed by atoms with Gasteiger partial charge in [-0.25, -0.2) is 4.99 Å². The second-order valence-corrected chi connectivity index (χ2v) is 7.55. The first kappa shape index (κ1) is 21.6. The summed E-state index contributed by atoms with van der Waals surface area (Å²) in [6.45, 7) is 5.41. The number of nitrogens with one attached hydrogen (secondary N) is 2. The molecule has 9 nitrogen and oxygen atoms in total. The second-order valence-electron chi connectivity index (χ2n) is 7.55. The van der Waals surface area contributed by atoms with Crippen molar-refractivity contribution in [3.05, 3.63) is 71.9 Å². The van der Waals surface area contributed by atoms with E-state index in [0.717, 1.165) is 30.2 Å². The van der Waals surface area contributed by atoms with Crippen molar-refractivity contribution < 1.29 is 13.9 Å². The number of carbonyl (C=O) groups is 1. The van der Waals surface area contributed by atoms with Gasteiger partial charge < -0.3 is 24.7 Å². The fraction of sp³-hybridized carbons (Fsp3) is 0.348. The molecule has 0 spiro atoms. The van der Waals surface area contributed by atoms with E-state index in [1.165, 1.54) is 6.26 Å². The molecule has 1 aliphatic rings. The first-order valence-corrected chi connectivity index (χ1v) is 10.7. The summed E-state index contributed by atoms with van der Waals surface area (Å²) in [6.07, 6.45) is 5.27. The predicted molar refractivity (Wildman–Crippen MR) is 121 cm³/mol. The van der Waals surface area contributed by atoms with Crippen molar-refractivity contribution in [1.29, 1.82) is 0 Å². The minimum atomic E-state index is -0.279. The minimum Gasteiger partial charge on any atom is -0.459 e. The van der Waals surface area contributed by atoms with E-state index in [4.69, 9.17) is 14.1 Å². The van der Waals surface area contributed by atoms with Gasteiger partial charge in [0, 0.05) is 37.6 Å². The van der Waals surface area contributed by atoms with Crippen molar-refractivity contribution in [3.8, 4) is 0 Å². The number of rotatable bonds is 6. The van der Waals surface area contributed by atoms with E-state index in [9.17, 15) is 4.79 Å². The van der Waals surface area contributed by atoms with Crippen molar-refractivity contribution in [1.82, 2.24) is 20.0 Å². The molecular weight excluding hydrogens is 408 g/mol. The number of aryl methyl sites for hydroxylation is 1. The van der Waals surface area contributed by atoms with Gasteiger partial charge in [-0.3, -0.25) is 9.48 Å². The maximum absolute atomic E-state index is 12.2. The molecule has 1 unspecified atom stereocenters. The number of morpholine rings is 1. The summed E-state index contributed by atoms with van der Waals surface area (Å²) in [4.78, 5) is 19.3. The molecule has 3 aromatic rings. The zero-order valence-corrected chi connectivity index (χ0v) is 18.3. The van der Waals surface area contributed by atoms with Gasteiger partial charge in [-0.1, -0.05) is 12.1 Å². The van der Waals surface area contributed by atoms with Gasteiger partial charge in [0.1, 0.15) is 6.10 Å². The maximum atomic E-state index is 12.2. The zero-order valence-electron chi connectivity index (χ0n) is 18.3. The van der Waals surface area contributed by atoms with Gasteiger partial charge in [0.25, 0.3) is 5.91 Å². The van der Waals surface area contributed by atoms with Crippen molar-refractivity contribution >= 4 is 17.6 Å². The minimum absolute atomic E-state index is 0.0403. The van der Waals surface area contributed by atoms with Crippen LogP contribution >= 0.6 is 0 Å². The Balaban J connectivity index is 1.43. The van der Waals surface area contributed by atoms with Crippen LogP contribution in [-0.2, 0) is 18.3 Å². The third-order valence-corrected chi connectivity index (χ3v) is 5.14. The summed E-state index contributed by atoms with van der Waals surface area (Å²) >= 11 is 0. The van der Waals surface area contributed by atoms with Crippen molar-refractivity contribution in [2.45, 2.75) is 19.6 Å². The Morgan fingerprint density at radius 1 is 1.31 bits per heavy atom. The van der Waals surface area contributed by atoms with E-state index in [2.05, 4.69) is 27.6 Å². The van der Waals surface area contributed by atoms with Gasteiger partial charge in [0.15, 0.2) is 11.7 Å². The highest BCUT2D eigenvalue weighted by molar-refractivity contribution is 6.02. The molecule has 0 bridgehead atoms. The van der Waals surface area contributed by atoms with Crippen LogP contribution < -0.4 is 10.6 Å². The normalized spacial score (nSPS) is 16.8. The Morgan fingerprint density at radius 3 is 2.97 bits per heavy atom. The van der Waals surface area contributed by atoms with E-state index in [-0.39, 0.29) is 17.8 Å². The number of nitrogens with zero attached hydrogens (tertiary/aromatic N) is 4. The van der Waals surface area contributed by atoms with Crippen LogP contribution in [0, 0.1) is 0 Å². The first-order chi connectivity index (χ1) is 15.6. The molecule has 2 N–H and O–H groups in total. The van der Waals surface area contributed by atoms with Crippen molar-refractivity contribution in [2.75, 3.05) is 31.6 Å². The summed E-state index contributed by atoms with van der Waals surface area (Å²) in [6, 6.07) is 11.0. The molecule has 32 heavy (non-hydrogen) atoms. The van der Waals surface area contributed by atoms with Crippen LogP contribution in [0.25, 0.3) is 0 Å². The first-order valence-electron chi connectivity index (χ1n) is 10.7. The fourth-order valence-electron chi connectivity index (χ4n) is 3.59. The Labute approximate surface area is 187 Å². The number of ether oxygens (including phenoxy) is 1. The van der Waals surface area contributed by atoms with Crippen LogP contribution in [0.4, 0.5) is 5.69 Å². The predicted octanol–water partition coefficient (Wildman–Crippen LogP) is 2.80. The lowest BCUT2D eigenvalue weighted by Gasteiger charge is -2.34. The molecule has 2 aromatic heterocycles. The van der Waals surface area contributed by atoms with E-state index < -0.39 is 0 Å². The van der Waals surface area contributed by atoms with Crippen LogP contribution in [0.5, 0.6) is 0 Å². The molecule has 1 saturated heterocycles. The van der Waals surface area contributed by atoms with Crippen LogP contribution in [-0.4, -0.2) is 52.8 Å². The molecule has 0 saturated carbocycles. The number of furan rings is 1. The highest BCUT2D eigenvalue weighted by atomic mass is 16.5. The molecular formula is C23H28N6O3. The number of anilines is 1. The Morgan fingerprint density at radius 2 is 2.22 bits per heavy atom. The molecule has 1 aromatic carbocycles. The quantitative estimate of drug-likeness (QED) is 0.456. The summed E-state index contributed by atoms with van der Waals surface area (Å²) in [5.74, 6) is 0.840. The van der Waals surface area contributed by atoms with Gasteiger partial charge in [0.05, 0.1) is 32.2 Å². The zero-order chi connectivity index (χ0) is 22.3. The Kier molecular flexibility index (Phi) is 6.86. The Bertz CT molecular complexity index is 1060. The van der Waals surface area contributed by atoms with E-state index >= 15 is 0 Å². The molecule has 1 aliphatic heterocycles. The van der Waals surface area contributed by atoms with Gasteiger partial charge in [-0.15, -0.1) is 0 Å². The third-order valence-electron chi connectivity index (χ3n) is 5.14. The number of guanidine groups is 1. The molecule has 1 fully saturated rings. The SMILES string of the molecule is CCNC(=NCc1cccc(NC(=O)c2ccco2)c1)N1CCOC(c2cnn(C)c2)C1. The monoisotopic (exact) mass is 436 g/mol. The van der Waals surface area contributed by atoms with Gasteiger partial charge in [0.2, 0.25) is 0 Å². The molecule has 4 rings (SSSR count). The molecule has 1 atom stereocenters. The van der Waals surface area contributed by atoms with Crippen LogP contribution in [0.1, 0.15) is 34.7 Å². The summed E-state index contributed by atoms with van der Waals surface area (Å²) in [7, 11) is 1.90. The lowest BCUT2D eigenvalue weighted by molar-refractivity contribution is -0.00805. The van der Waals surface area contributed by atoms with E-state index in [0.29, 0.717) is 25.4 Å². The average molecular weight is 437 g/mol. The van der Waals surface area contributed by atoms with Gasteiger partial charge >= 0.3 is 0 Å². The number of hydrogen-bond donors (Lipinski definition) is 2. The van der Waals surface area contributed by atoms with Crippen molar-refractivity contribution in [3.63, 3.8) is 0 Å². The lowest BCUT2D eigenvalue weighted by Crippen LogP contribution is -2.48. The standard InChI is InChI=1S/C23H28N6O3/c1-3-24-23(29-9-11-32-21(16-29)18-14-26-28(2)15-18)25-13-17-6-4-7-19(12-17)27-22(30)20-8-5-10-31-20/h4-8,10,12,14-15,21H,3,9,11,13,16H2,1-2H3,(H,24,25)(H,27,30). The van der Waals surface area contributed by atoms with E-state index in [1.54, 1.807) is 16.8 Å². The molecule has 0 radical (unpaired) electrons. The molecule has 1 amide bonds. The van der Waals surface area contributed by atoms with Crippen LogP contribution in [0.15, 0.2) is 64.5 Å². The third kappa shape index (κ3) is 5.36. The molecule has 3 heterocycles. The highest BCUT2D eigenvalue weighted by Gasteiger charge is 2.25. The Hall–Kier alpha value is -3.59. The van der Waals surface area contributed by atoms with Gasteiger partial charge in [-0.2, -0.15) is 5.10 Å². The number of aromatic nitrogens is 2. The van der Waals surface area contributed by atoms with Crippen LogP contribution in [0.3, 0.4) is 0 Å². The summed E-state index contributed by atoms with van der Waals surface area (Å²) in [5.41, 5.74) is 2.76. The van der Waals surface area contributed by atoms with Crippen molar-refractivity contribution in [2.24, 2.45) is 12.0 Å². The summed E-state index contributed by atoms with van der Waals surface area (Å²) in [5, 5.41) is 10.5. The molecule has 0 aliphatic carbocycles. The number of carbonyl (C=O) groups excluding carboxylic acids is 1. The average Bonchev–Trinajstić information content (AvgIpc) is 3.49. The smallest absolute Gasteiger partial charge is 0.291 e. The van der Waals surface area contributed by atoms with Gasteiger partial charge in [-0.05, 0) is 36.8 Å². The lowest BCUT2D eigenvalue weighted by atomic mass is 10.1. The number of aliphatic imine (C=N–C) groups is 1. The number of hydrogen-bond acceptors (Lipinski definition) is 5. The maximum Gasteiger partial charge on any atom is 0.291 e. The fourth-order valence-corrected chi connectivity index (χ4v) is 3.59. The largest absolute Gasteiger partial charge is 0.459 e. The number of amides is 1.